The molecule has 2 aromatic rings. The largest absolute Gasteiger partial charge is 0.573 e. The van der Waals surface area contributed by atoms with Crippen LogP contribution in [0.3, 0.4) is 0 Å². The lowest BCUT2D eigenvalue weighted by atomic mass is 10.3. The summed E-state index contributed by atoms with van der Waals surface area (Å²) in [4.78, 5) is 4.07. The molecule has 0 saturated heterocycles. The molecule has 0 unspecified atom stereocenters. The molecule has 0 atom stereocenters. The molecule has 0 bridgehead atoms. The number of aromatic nitrogens is 1. The Balaban J connectivity index is 2.04. The molecule has 0 saturated carbocycles. The summed E-state index contributed by atoms with van der Waals surface area (Å²) in [7, 11) is 0. The summed E-state index contributed by atoms with van der Waals surface area (Å²) in [6, 6.07) is 7.35. The Morgan fingerprint density at radius 1 is 1.05 bits per heavy atom. The minimum absolute atomic E-state index is 0.257. The van der Waals surface area contributed by atoms with Crippen molar-refractivity contribution in [2.75, 3.05) is 17.2 Å². The highest BCUT2D eigenvalue weighted by Gasteiger charge is 2.30. The van der Waals surface area contributed by atoms with Crippen LogP contribution in [0.4, 0.5) is 30.2 Å². The van der Waals surface area contributed by atoms with Crippen LogP contribution in [0, 0.1) is 0 Å². The fourth-order valence-electron chi connectivity index (χ4n) is 1.72. The average Bonchev–Trinajstić information content (AvgIpc) is 2.40. The van der Waals surface area contributed by atoms with Crippen LogP contribution < -0.4 is 15.4 Å². The molecule has 0 amide bonds. The second-order valence-corrected chi connectivity index (χ2v) is 4.19. The van der Waals surface area contributed by atoms with Crippen molar-refractivity contribution in [2.45, 2.75) is 13.3 Å². The van der Waals surface area contributed by atoms with Crippen LogP contribution in [0.5, 0.6) is 5.75 Å². The zero-order chi connectivity index (χ0) is 15.3. The zero-order valence-electron chi connectivity index (χ0n) is 11.2. The molecular formula is C14H14F3N3O. The van der Waals surface area contributed by atoms with E-state index >= 15 is 0 Å². The van der Waals surface area contributed by atoms with Crippen molar-refractivity contribution in [1.82, 2.24) is 4.98 Å². The van der Waals surface area contributed by atoms with E-state index in [1.165, 1.54) is 24.3 Å². The van der Waals surface area contributed by atoms with Crippen molar-refractivity contribution in [3.05, 3.63) is 42.7 Å². The number of ether oxygens (including phenoxy) is 1. The highest BCUT2D eigenvalue weighted by atomic mass is 19.4. The van der Waals surface area contributed by atoms with Gasteiger partial charge < -0.3 is 15.4 Å². The number of halogens is 3. The van der Waals surface area contributed by atoms with E-state index < -0.39 is 6.36 Å². The lowest BCUT2D eigenvalue weighted by molar-refractivity contribution is -0.274. The molecule has 1 aromatic heterocycles. The van der Waals surface area contributed by atoms with Gasteiger partial charge in [-0.25, -0.2) is 0 Å². The van der Waals surface area contributed by atoms with E-state index in [4.69, 9.17) is 0 Å². The standard InChI is InChI=1S/C14H14F3N3O/c1-2-19-11-7-12(9-18-8-11)20-10-3-5-13(6-4-10)21-14(15,16)17/h3-9,19-20H,2H2,1H3. The Morgan fingerprint density at radius 2 is 1.71 bits per heavy atom. The molecule has 2 rings (SSSR count). The number of benzene rings is 1. The number of hydrogen-bond acceptors (Lipinski definition) is 4. The van der Waals surface area contributed by atoms with Gasteiger partial charge in [0.2, 0.25) is 0 Å². The fourth-order valence-corrected chi connectivity index (χ4v) is 1.72. The molecule has 7 heteroatoms. The molecule has 0 aliphatic rings. The maximum absolute atomic E-state index is 12.1. The predicted octanol–water partition coefficient (Wildman–Crippen LogP) is 4.16. The summed E-state index contributed by atoms with van der Waals surface area (Å²) in [6.45, 7) is 2.74. The number of hydrogen-bond donors (Lipinski definition) is 2. The van der Waals surface area contributed by atoms with E-state index in [0.717, 1.165) is 17.9 Å². The molecule has 2 N–H and O–H groups in total. The predicted molar refractivity (Wildman–Crippen MR) is 74.8 cm³/mol. The molecule has 0 aliphatic heterocycles. The zero-order valence-corrected chi connectivity index (χ0v) is 11.2. The molecule has 21 heavy (non-hydrogen) atoms. The van der Waals surface area contributed by atoms with E-state index in [-0.39, 0.29) is 5.75 Å². The van der Waals surface area contributed by atoms with Gasteiger partial charge >= 0.3 is 6.36 Å². The maximum Gasteiger partial charge on any atom is 0.573 e. The smallest absolute Gasteiger partial charge is 0.406 e. The summed E-state index contributed by atoms with van der Waals surface area (Å²) in [5.74, 6) is -0.257. The van der Waals surface area contributed by atoms with Crippen LogP contribution in [-0.4, -0.2) is 17.9 Å². The Morgan fingerprint density at radius 3 is 2.33 bits per heavy atom. The number of alkyl halides is 3. The van der Waals surface area contributed by atoms with E-state index in [1.807, 2.05) is 13.0 Å². The first-order chi connectivity index (χ1) is 9.96. The topological polar surface area (TPSA) is 46.2 Å². The van der Waals surface area contributed by atoms with Crippen LogP contribution in [0.15, 0.2) is 42.7 Å². The Hall–Kier alpha value is -2.44. The third kappa shape index (κ3) is 4.87. The van der Waals surface area contributed by atoms with Gasteiger partial charge in [0.15, 0.2) is 0 Å². The molecule has 1 heterocycles. The molecule has 0 aliphatic carbocycles. The summed E-state index contributed by atoms with van der Waals surface area (Å²) in [5, 5.41) is 6.17. The van der Waals surface area contributed by atoms with Gasteiger partial charge in [-0.3, -0.25) is 4.98 Å². The first-order valence-corrected chi connectivity index (χ1v) is 6.28. The van der Waals surface area contributed by atoms with E-state index in [0.29, 0.717) is 5.69 Å². The quantitative estimate of drug-likeness (QED) is 0.870. The van der Waals surface area contributed by atoms with Gasteiger partial charge in [0, 0.05) is 12.2 Å². The second kappa shape index (κ2) is 6.34. The number of pyridine rings is 1. The van der Waals surface area contributed by atoms with Crippen molar-refractivity contribution in [3.8, 4) is 5.75 Å². The minimum Gasteiger partial charge on any atom is -0.406 e. The fraction of sp³-hybridized carbons (Fsp3) is 0.214. The third-order valence-electron chi connectivity index (χ3n) is 2.50. The Bertz CT molecular complexity index is 585. The lowest BCUT2D eigenvalue weighted by Crippen LogP contribution is -2.16. The molecule has 0 fully saturated rings. The molecular weight excluding hydrogens is 283 g/mol. The van der Waals surface area contributed by atoms with Gasteiger partial charge in [0.1, 0.15) is 5.75 Å². The van der Waals surface area contributed by atoms with Crippen molar-refractivity contribution in [1.29, 1.82) is 0 Å². The highest BCUT2D eigenvalue weighted by molar-refractivity contribution is 5.63. The van der Waals surface area contributed by atoms with Crippen LogP contribution >= 0.6 is 0 Å². The normalized spacial score (nSPS) is 11.0. The van der Waals surface area contributed by atoms with Crippen LogP contribution in [0.25, 0.3) is 0 Å². The van der Waals surface area contributed by atoms with Crippen molar-refractivity contribution in [3.63, 3.8) is 0 Å². The highest BCUT2D eigenvalue weighted by Crippen LogP contribution is 2.25. The SMILES string of the molecule is CCNc1cncc(Nc2ccc(OC(F)(F)F)cc2)c1. The van der Waals surface area contributed by atoms with Crippen molar-refractivity contribution in [2.24, 2.45) is 0 Å². The summed E-state index contributed by atoms with van der Waals surface area (Å²) in [6.07, 6.45) is -1.37. The lowest BCUT2D eigenvalue weighted by Gasteiger charge is -2.11. The minimum atomic E-state index is -4.68. The van der Waals surface area contributed by atoms with Gasteiger partial charge in [0.05, 0.1) is 23.8 Å². The number of anilines is 3. The summed E-state index contributed by atoms with van der Waals surface area (Å²) >= 11 is 0. The van der Waals surface area contributed by atoms with Crippen molar-refractivity contribution < 1.29 is 17.9 Å². The molecule has 1 aromatic carbocycles. The molecule has 4 nitrogen and oxygen atoms in total. The third-order valence-corrected chi connectivity index (χ3v) is 2.50. The molecule has 0 spiro atoms. The summed E-state index contributed by atoms with van der Waals surface area (Å²) < 4.78 is 40.0. The maximum atomic E-state index is 12.1. The Kier molecular flexibility index (Phi) is 4.52. The Labute approximate surface area is 120 Å². The number of rotatable bonds is 5. The van der Waals surface area contributed by atoms with Gasteiger partial charge in [-0.2, -0.15) is 0 Å². The van der Waals surface area contributed by atoms with Gasteiger partial charge in [-0.1, -0.05) is 0 Å². The molecule has 112 valence electrons. The summed E-state index contributed by atoms with van der Waals surface area (Å²) in [5.41, 5.74) is 2.23. The monoisotopic (exact) mass is 297 g/mol. The van der Waals surface area contributed by atoms with Gasteiger partial charge in [-0.15, -0.1) is 13.2 Å². The van der Waals surface area contributed by atoms with E-state index in [1.54, 1.807) is 12.4 Å². The van der Waals surface area contributed by atoms with Gasteiger partial charge in [0.25, 0.3) is 0 Å². The molecule has 0 radical (unpaired) electrons. The average molecular weight is 297 g/mol. The van der Waals surface area contributed by atoms with Crippen LogP contribution in [0.1, 0.15) is 6.92 Å². The van der Waals surface area contributed by atoms with E-state index in [2.05, 4.69) is 20.4 Å². The number of nitrogens with zero attached hydrogens (tertiary/aromatic N) is 1. The van der Waals surface area contributed by atoms with Crippen LogP contribution in [-0.2, 0) is 0 Å². The van der Waals surface area contributed by atoms with Crippen LogP contribution in [0.2, 0.25) is 0 Å². The first-order valence-electron chi connectivity index (χ1n) is 6.28. The second-order valence-electron chi connectivity index (χ2n) is 4.19. The van der Waals surface area contributed by atoms with Gasteiger partial charge in [-0.05, 0) is 37.3 Å². The van der Waals surface area contributed by atoms with Crippen molar-refractivity contribution >= 4 is 17.1 Å². The number of nitrogens with one attached hydrogen (secondary N) is 2. The van der Waals surface area contributed by atoms with E-state index in [9.17, 15) is 13.2 Å². The first kappa shape index (κ1) is 15.0.